The van der Waals surface area contributed by atoms with Crippen LogP contribution in [0.15, 0.2) is 24.3 Å². The number of rotatable bonds is 6. The standard InChI is InChI=1S/C13H18F2N2O/c14-13(15)8-18-6-5-17-12-7-11(16)9-3-1-2-4-10(9)12/h1-4,11-13,17H,5-8,16H2. The number of hydrogen-bond acceptors (Lipinski definition) is 3. The van der Waals surface area contributed by atoms with Crippen LogP contribution in [0.5, 0.6) is 0 Å². The Balaban J connectivity index is 1.78. The molecule has 2 unspecified atom stereocenters. The van der Waals surface area contributed by atoms with Crippen LogP contribution in [-0.4, -0.2) is 26.2 Å². The second kappa shape index (κ2) is 6.22. The summed E-state index contributed by atoms with van der Waals surface area (Å²) in [6.07, 6.45) is -1.56. The van der Waals surface area contributed by atoms with Crippen molar-refractivity contribution >= 4 is 0 Å². The average Bonchev–Trinajstić information content (AvgIpc) is 2.66. The van der Waals surface area contributed by atoms with Crippen molar-refractivity contribution in [2.45, 2.75) is 24.9 Å². The zero-order valence-electron chi connectivity index (χ0n) is 10.1. The second-order valence-electron chi connectivity index (χ2n) is 4.44. The highest BCUT2D eigenvalue weighted by Crippen LogP contribution is 2.36. The molecule has 5 heteroatoms. The molecular formula is C13H18F2N2O. The molecule has 0 aromatic heterocycles. The molecule has 0 saturated carbocycles. The van der Waals surface area contributed by atoms with Crippen LogP contribution in [0.3, 0.4) is 0 Å². The fourth-order valence-corrected chi connectivity index (χ4v) is 2.34. The Kier molecular flexibility index (Phi) is 4.63. The lowest BCUT2D eigenvalue weighted by Gasteiger charge is -2.14. The molecule has 0 fully saturated rings. The second-order valence-corrected chi connectivity index (χ2v) is 4.44. The van der Waals surface area contributed by atoms with Gasteiger partial charge >= 0.3 is 0 Å². The Labute approximate surface area is 105 Å². The van der Waals surface area contributed by atoms with E-state index < -0.39 is 13.0 Å². The van der Waals surface area contributed by atoms with Gasteiger partial charge < -0.3 is 15.8 Å². The zero-order valence-corrected chi connectivity index (χ0v) is 10.1. The smallest absolute Gasteiger partial charge is 0.261 e. The Morgan fingerprint density at radius 2 is 2.06 bits per heavy atom. The van der Waals surface area contributed by atoms with Gasteiger partial charge in [0.15, 0.2) is 0 Å². The first-order valence-corrected chi connectivity index (χ1v) is 6.12. The van der Waals surface area contributed by atoms with Crippen LogP contribution in [-0.2, 0) is 4.74 Å². The molecule has 1 aromatic carbocycles. The predicted molar refractivity (Wildman–Crippen MR) is 65.6 cm³/mol. The third-order valence-corrected chi connectivity index (χ3v) is 3.14. The fourth-order valence-electron chi connectivity index (χ4n) is 2.34. The minimum atomic E-state index is -2.40. The van der Waals surface area contributed by atoms with E-state index in [4.69, 9.17) is 10.5 Å². The molecule has 0 spiro atoms. The number of fused-ring (bicyclic) bond motifs is 1. The molecule has 1 aliphatic carbocycles. The van der Waals surface area contributed by atoms with E-state index in [1.807, 2.05) is 18.2 Å². The monoisotopic (exact) mass is 256 g/mol. The molecule has 100 valence electrons. The Bertz CT molecular complexity index is 387. The van der Waals surface area contributed by atoms with Gasteiger partial charge in [0.05, 0.1) is 6.61 Å². The third-order valence-electron chi connectivity index (χ3n) is 3.14. The Morgan fingerprint density at radius 3 is 2.78 bits per heavy atom. The van der Waals surface area contributed by atoms with Crippen molar-refractivity contribution < 1.29 is 13.5 Å². The maximum Gasteiger partial charge on any atom is 0.261 e. The molecule has 0 amide bonds. The number of hydrogen-bond donors (Lipinski definition) is 2. The van der Waals surface area contributed by atoms with Crippen molar-refractivity contribution in [3.8, 4) is 0 Å². The summed E-state index contributed by atoms with van der Waals surface area (Å²) in [5.41, 5.74) is 8.41. The molecule has 0 bridgehead atoms. The molecule has 0 radical (unpaired) electrons. The maximum atomic E-state index is 11.8. The van der Waals surface area contributed by atoms with Crippen molar-refractivity contribution in [3.05, 3.63) is 35.4 Å². The first kappa shape index (κ1) is 13.4. The molecule has 2 atom stereocenters. The van der Waals surface area contributed by atoms with Crippen LogP contribution in [0.1, 0.15) is 29.6 Å². The van der Waals surface area contributed by atoms with Gasteiger partial charge in [-0.1, -0.05) is 24.3 Å². The summed E-state index contributed by atoms with van der Waals surface area (Å²) in [6.45, 7) is 0.346. The van der Waals surface area contributed by atoms with Gasteiger partial charge in [0.1, 0.15) is 6.61 Å². The van der Waals surface area contributed by atoms with Gasteiger partial charge in [0, 0.05) is 18.6 Å². The lowest BCUT2D eigenvalue weighted by atomic mass is 10.1. The van der Waals surface area contributed by atoms with E-state index in [-0.39, 0.29) is 18.7 Å². The van der Waals surface area contributed by atoms with Crippen molar-refractivity contribution in [1.82, 2.24) is 5.32 Å². The van der Waals surface area contributed by atoms with Gasteiger partial charge in [-0.3, -0.25) is 0 Å². The number of halogens is 2. The highest BCUT2D eigenvalue weighted by atomic mass is 19.3. The first-order valence-electron chi connectivity index (χ1n) is 6.12. The van der Waals surface area contributed by atoms with E-state index in [9.17, 15) is 8.78 Å². The number of nitrogens with one attached hydrogen (secondary N) is 1. The van der Waals surface area contributed by atoms with Crippen molar-refractivity contribution in [3.63, 3.8) is 0 Å². The summed E-state index contributed by atoms with van der Waals surface area (Å²) in [4.78, 5) is 0. The summed E-state index contributed by atoms with van der Waals surface area (Å²) in [5.74, 6) is 0. The van der Waals surface area contributed by atoms with Gasteiger partial charge in [0.2, 0.25) is 0 Å². The lowest BCUT2D eigenvalue weighted by molar-refractivity contribution is 0.0182. The molecule has 0 aliphatic heterocycles. The summed E-state index contributed by atoms with van der Waals surface area (Å²) < 4.78 is 28.5. The van der Waals surface area contributed by atoms with E-state index in [2.05, 4.69) is 11.4 Å². The van der Waals surface area contributed by atoms with Crippen molar-refractivity contribution in [1.29, 1.82) is 0 Å². The number of ether oxygens (including phenoxy) is 1. The highest BCUT2D eigenvalue weighted by molar-refractivity contribution is 5.37. The van der Waals surface area contributed by atoms with E-state index in [0.29, 0.717) is 6.54 Å². The molecule has 3 N–H and O–H groups in total. The summed E-state index contributed by atoms with van der Waals surface area (Å²) >= 11 is 0. The topological polar surface area (TPSA) is 47.3 Å². The summed E-state index contributed by atoms with van der Waals surface area (Å²) in [5, 5.41) is 3.29. The number of nitrogens with two attached hydrogens (primary N) is 1. The Morgan fingerprint density at radius 1 is 1.33 bits per heavy atom. The van der Waals surface area contributed by atoms with Crippen LogP contribution in [0.2, 0.25) is 0 Å². The lowest BCUT2D eigenvalue weighted by Crippen LogP contribution is -2.25. The van der Waals surface area contributed by atoms with Gasteiger partial charge in [-0.15, -0.1) is 0 Å². The quantitative estimate of drug-likeness (QED) is 0.765. The van der Waals surface area contributed by atoms with Crippen molar-refractivity contribution in [2.24, 2.45) is 5.73 Å². The van der Waals surface area contributed by atoms with Crippen LogP contribution in [0, 0.1) is 0 Å². The molecule has 0 heterocycles. The maximum absolute atomic E-state index is 11.8. The molecule has 1 aliphatic rings. The normalized spacial score (nSPS) is 22.4. The average molecular weight is 256 g/mol. The number of benzene rings is 1. The predicted octanol–water partition coefficient (Wildman–Crippen LogP) is 2.00. The van der Waals surface area contributed by atoms with Crippen LogP contribution < -0.4 is 11.1 Å². The van der Waals surface area contributed by atoms with Crippen LogP contribution in [0.25, 0.3) is 0 Å². The molecular weight excluding hydrogens is 238 g/mol. The highest BCUT2D eigenvalue weighted by Gasteiger charge is 2.27. The minimum Gasteiger partial charge on any atom is -0.374 e. The SMILES string of the molecule is NC1CC(NCCOCC(F)F)c2ccccc21. The largest absolute Gasteiger partial charge is 0.374 e. The summed E-state index contributed by atoms with van der Waals surface area (Å²) in [6, 6.07) is 8.31. The van der Waals surface area contributed by atoms with Gasteiger partial charge in [-0.25, -0.2) is 8.78 Å². The van der Waals surface area contributed by atoms with Gasteiger partial charge in [-0.2, -0.15) is 0 Å². The van der Waals surface area contributed by atoms with E-state index in [1.165, 1.54) is 11.1 Å². The first-order chi connectivity index (χ1) is 8.68. The molecule has 3 nitrogen and oxygen atoms in total. The Hall–Kier alpha value is -1.04. The van der Waals surface area contributed by atoms with E-state index >= 15 is 0 Å². The van der Waals surface area contributed by atoms with Crippen molar-refractivity contribution in [2.75, 3.05) is 19.8 Å². The van der Waals surface area contributed by atoms with E-state index in [1.54, 1.807) is 0 Å². The molecule has 0 saturated heterocycles. The van der Waals surface area contributed by atoms with Gasteiger partial charge in [-0.05, 0) is 17.5 Å². The molecule has 1 aromatic rings. The van der Waals surface area contributed by atoms with Crippen LogP contribution in [0.4, 0.5) is 8.78 Å². The fraction of sp³-hybridized carbons (Fsp3) is 0.538. The van der Waals surface area contributed by atoms with Gasteiger partial charge in [0.25, 0.3) is 6.43 Å². The van der Waals surface area contributed by atoms with E-state index in [0.717, 1.165) is 6.42 Å². The minimum absolute atomic E-state index is 0.0562. The van der Waals surface area contributed by atoms with Crippen LogP contribution >= 0.6 is 0 Å². The third kappa shape index (κ3) is 3.25. The number of alkyl halides is 2. The zero-order chi connectivity index (χ0) is 13.0. The summed E-state index contributed by atoms with van der Waals surface area (Å²) in [7, 11) is 0. The molecule has 2 rings (SSSR count). The molecule has 18 heavy (non-hydrogen) atoms.